The van der Waals surface area contributed by atoms with Crippen molar-refractivity contribution in [2.24, 2.45) is 11.1 Å². The van der Waals surface area contributed by atoms with E-state index in [-0.39, 0.29) is 11.9 Å². The Hall–Kier alpha value is -1.01. The van der Waals surface area contributed by atoms with E-state index in [1.165, 1.54) is 0 Å². The molecule has 6 heteroatoms. The van der Waals surface area contributed by atoms with Gasteiger partial charge in [0.15, 0.2) is 0 Å². The normalized spacial score (nSPS) is 19.1. The fourth-order valence-corrected chi connectivity index (χ4v) is 3.63. The maximum absolute atomic E-state index is 12.5. The Morgan fingerprint density at radius 1 is 1.58 bits per heavy atom. The van der Waals surface area contributed by atoms with Crippen molar-refractivity contribution in [3.8, 4) is 0 Å². The highest BCUT2D eigenvalue weighted by atomic mass is 32.1. The number of hydrogen-bond acceptors (Lipinski definition) is 4. The molecule has 19 heavy (non-hydrogen) atoms. The lowest BCUT2D eigenvalue weighted by Gasteiger charge is -2.27. The molecule has 0 aliphatic heterocycles. The fraction of sp³-hybridized carbons (Fsp3) is 0.615. The third-order valence-corrected chi connectivity index (χ3v) is 5.25. The van der Waals surface area contributed by atoms with E-state index in [0.717, 1.165) is 36.4 Å². The highest BCUT2D eigenvalue weighted by Crippen LogP contribution is 2.39. The van der Waals surface area contributed by atoms with Gasteiger partial charge in [0, 0.05) is 11.1 Å². The number of carbonyl (C=O) groups is 1. The van der Waals surface area contributed by atoms with Crippen molar-refractivity contribution in [2.75, 3.05) is 0 Å². The minimum Gasteiger partial charge on any atom is -0.392 e. The number of carbonyl (C=O) groups excluding carboxylic acids is 1. The summed E-state index contributed by atoms with van der Waals surface area (Å²) in [6.07, 6.45) is 3.54. The van der Waals surface area contributed by atoms with Crippen LogP contribution in [0.15, 0.2) is 5.38 Å². The van der Waals surface area contributed by atoms with Gasteiger partial charge in [0.05, 0.1) is 16.4 Å². The van der Waals surface area contributed by atoms with Crippen molar-refractivity contribution >= 4 is 34.5 Å². The molecular weight excluding hydrogens is 278 g/mol. The molecule has 0 spiro atoms. The maximum Gasteiger partial charge on any atom is 0.233 e. The van der Waals surface area contributed by atoms with Crippen LogP contribution in [0.2, 0.25) is 0 Å². The number of aromatic nitrogens is 1. The molecule has 1 saturated carbocycles. The van der Waals surface area contributed by atoms with Crippen LogP contribution in [-0.4, -0.2) is 15.9 Å². The highest BCUT2D eigenvalue weighted by molar-refractivity contribution is 7.80. The molecular formula is C13H19N3OS2. The second-order valence-corrected chi connectivity index (χ2v) is 6.51. The minimum atomic E-state index is -0.643. The number of thiocarbonyl (C=S) groups is 1. The Balaban J connectivity index is 2.09. The van der Waals surface area contributed by atoms with Crippen LogP contribution in [-0.2, 0) is 4.79 Å². The molecule has 1 aliphatic carbocycles. The standard InChI is InChI=1S/C13H19N3OS2/c1-8-7-19-10(15-8)9(2)16-12(17)13(11(14)18)5-3-4-6-13/h7,9H,3-6H2,1-2H3,(H2,14,18)(H,16,17). The van der Waals surface area contributed by atoms with Gasteiger partial charge >= 0.3 is 0 Å². The molecule has 0 radical (unpaired) electrons. The van der Waals surface area contributed by atoms with Crippen LogP contribution < -0.4 is 11.1 Å². The van der Waals surface area contributed by atoms with Gasteiger partial charge in [-0.25, -0.2) is 4.98 Å². The van der Waals surface area contributed by atoms with Gasteiger partial charge in [-0.15, -0.1) is 11.3 Å². The molecule has 0 saturated heterocycles. The molecule has 1 unspecified atom stereocenters. The van der Waals surface area contributed by atoms with Gasteiger partial charge in [-0.2, -0.15) is 0 Å². The second kappa shape index (κ2) is 5.54. The molecule has 1 amide bonds. The first-order valence-corrected chi connectivity index (χ1v) is 7.77. The van der Waals surface area contributed by atoms with E-state index in [2.05, 4.69) is 10.3 Å². The summed E-state index contributed by atoms with van der Waals surface area (Å²) in [6.45, 7) is 3.89. The maximum atomic E-state index is 12.5. The third kappa shape index (κ3) is 2.79. The first-order valence-electron chi connectivity index (χ1n) is 6.48. The number of amides is 1. The first kappa shape index (κ1) is 14.4. The Morgan fingerprint density at radius 2 is 2.21 bits per heavy atom. The number of hydrogen-bond donors (Lipinski definition) is 2. The van der Waals surface area contributed by atoms with Crippen LogP contribution in [0.3, 0.4) is 0 Å². The Kier molecular flexibility index (Phi) is 4.20. The zero-order valence-corrected chi connectivity index (χ0v) is 12.9. The van der Waals surface area contributed by atoms with E-state index in [1.807, 2.05) is 19.2 Å². The molecule has 1 heterocycles. The molecule has 0 bridgehead atoms. The topological polar surface area (TPSA) is 68.0 Å². The van der Waals surface area contributed by atoms with E-state index >= 15 is 0 Å². The summed E-state index contributed by atoms with van der Waals surface area (Å²) in [7, 11) is 0. The predicted molar refractivity (Wildman–Crippen MR) is 81.1 cm³/mol. The number of aryl methyl sites for hydroxylation is 1. The highest BCUT2D eigenvalue weighted by Gasteiger charge is 2.44. The zero-order valence-electron chi connectivity index (χ0n) is 11.2. The van der Waals surface area contributed by atoms with Crippen molar-refractivity contribution in [1.82, 2.24) is 10.3 Å². The summed E-state index contributed by atoms with van der Waals surface area (Å²) in [6, 6.07) is -0.0991. The van der Waals surface area contributed by atoms with Crippen LogP contribution in [0, 0.1) is 12.3 Å². The average Bonchev–Trinajstić information content (AvgIpc) is 2.97. The van der Waals surface area contributed by atoms with Crippen LogP contribution in [0.1, 0.15) is 49.4 Å². The summed E-state index contributed by atoms with van der Waals surface area (Å²) in [5, 5.41) is 5.92. The monoisotopic (exact) mass is 297 g/mol. The summed E-state index contributed by atoms with van der Waals surface area (Å²) in [5.41, 5.74) is 6.14. The third-order valence-electron chi connectivity index (χ3n) is 3.72. The summed E-state index contributed by atoms with van der Waals surface area (Å²) in [5.74, 6) is -0.0437. The Bertz CT molecular complexity index is 492. The van der Waals surface area contributed by atoms with E-state index in [4.69, 9.17) is 18.0 Å². The molecule has 1 aromatic rings. The van der Waals surface area contributed by atoms with Gasteiger partial charge in [-0.3, -0.25) is 4.79 Å². The second-order valence-electron chi connectivity index (χ2n) is 5.18. The lowest BCUT2D eigenvalue weighted by atomic mass is 9.85. The smallest absolute Gasteiger partial charge is 0.233 e. The summed E-state index contributed by atoms with van der Waals surface area (Å²) >= 11 is 6.68. The molecule has 104 valence electrons. The van der Waals surface area contributed by atoms with Gasteiger partial charge in [0.2, 0.25) is 5.91 Å². The zero-order chi connectivity index (χ0) is 14.0. The van der Waals surface area contributed by atoms with Crippen LogP contribution >= 0.6 is 23.6 Å². The molecule has 3 N–H and O–H groups in total. The molecule has 1 aromatic heterocycles. The molecule has 1 aliphatic rings. The quantitative estimate of drug-likeness (QED) is 0.838. The average molecular weight is 297 g/mol. The summed E-state index contributed by atoms with van der Waals surface area (Å²) in [4.78, 5) is 17.2. The largest absolute Gasteiger partial charge is 0.392 e. The lowest BCUT2D eigenvalue weighted by molar-refractivity contribution is -0.128. The minimum absolute atomic E-state index is 0.0437. The SMILES string of the molecule is Cc1csc(C(C)NC(=O)C2(C(N)=S)CCCC2)n1. The lowest BCUT2D eigenvalue weighted by Crippen LogP contribution is -2.47. The fourth-order valence-electron chi connectivity index (χ4n) is 2.53. The summed E-state index contributed by atoms with van der Waals surface area (Å²) < 4.78 is 0. The van der Waals surface area contributed by atoms with Gasteiger partial charge in [-0.05, 0) is 26.7 Å². The van der Waals surface area contributed by atoms with Crippen molar-refractivity contribution in [2.45, 2.75) is 45.6 Å². The van der Waals surface area contributed by atoms with Gasteiger partial charge in [-0.1, -0.05) is 25.1 Å². The van der Waals surface area contributed by atoms with Gasteiger partial charge in [0.25, 0.3) is 0 Å². The first-order chi connectivity index (χ1) is 8.95. The van der Waals surface area contributed by atoms with E-state index in [9.17, 15) is 4.79 Å². The molecule has 1 fully saturated rings. The van der Waals surface area contributed by atoms with E-state index in [1.54, 1.807) is 11.3 Å². The van der Waals surface area contributed by atoms with Crippen molar-refractivity contribution in [3.63, 3.8) is 0 Å². The number of nitrogens with zero attached hydrogens (tertiary/aromatic N) is 1. The van der Waals surface area contributed by atoms with E-state index in [0.29, 0.717) is 4.99 Å². The number of rotatable bonds is 4. The van der Waals surface area contributed by atoms with Crippen LogP contribution in [0.5, 0.6) is 0 Å². The number of nitrogens with two attached hydrogens (primary N) is 1. The Labute approximate surface area is 122 Å². The Morgan fingerprint density at radius 3 is 2.68 bits per heavy atom. The molecule has 0 aromatic carbocycles. The van der Waals surface area contributed by atoms with Crippen molar-refractivity contribution < 1.29 is 4.79 Å². The molecule has 4 nitrogen and oxygen atoms in total. The molecule has 2 rings (SSSR count). The van der Waals surface area contributed by atoms with E-state index < -0.39 is 5.41 Å². The predicted octanol–water partition coefficient (Wildman–Crippen LogP) is 2.48. The number of nitrogens with one attached hydrogen (secondary N) is 1. The van der Waals surface area contributed by atoms with Gasteiger partial charge < -0.3 is 11.1 Å². The molecule has 1 atom stereocenters. The van der Waals surface area contributed by atoms with Crippen molar-refractivity contribution in [1.29, 1.82) is 0 Å². The number of thiazole rings is 1. The van der Waals surface area contributed by atoms with Crippen LogP contribution in [0.4, 0.5) is 0 Å². The van der Waals surface area contributed by atoms with Crippen LogP contribution in [0.25, 0.3) is 0 Å². The van der Waals surface area contributed by atoms with Crippen molar-refractivity contribution in [3.05, 3.63) is 16.1 Å². The van der Waals surface area contributed by atoms with Gasteiger partial charge in [0.1, 0.15) is 5.01 Å².